The number of carbonyl (C=O) groups is 1. The number of nitrogens with zero attached hydrogens (tertiary/aromatic N) is 1. The van der Waals surface area contributed by atoms with E-state index >= 15 is 0 Å². The smallest absolute Gasteiger partial charge is 0.238 e. The molecule has 0 radical (unpaired) electrons. The minimum Gasteiger partial charge on any atom is -0.330 e. The van der Waals surface area contributed by atoms with Crippen LogP contribution in [-0.4, -0.2) is 37.5 Å². The van der Waals surface area contributed by atoms with E-state index in [0.717, 1.165) is 12.2 Å². The lowest BCUT2D eigenvalue weighted by Gasteiger charge is -2.28. The number of benzene rings is 1. The van der Waals surface area contributed by atoms with Crippen molar-refractivity contribution in [2.45, 2.75) is 33.6 Å². The third-order valence-corrected chi connectivity index (χ3v) is 3.53. The Balaban J connectivity index is 2.50. The zero-order valence-electron chi connectivity index (χ0n) is 13.9. The minimum atomic E-state index is 0.00242. The van der Waals surface area contributed by atoms with Gasteiger partial charge in [-0.2, -0.15) is 0 Å². The summed E-state index contributed by atoms with van der Waals surface area (Å²) in [6, 6.07) is 8.02. The first kappa shape index (κ1) is 17.7. The van der Waals surface area contributed by atoms with Crippen LogP contribution in [0.2, 0.25) is 0 Å². The molecule has 0 unspecified atom stereocenters. The molecule has 0 fully saturated rings. The van der Waals surface area contributed by atoms with Crippen LogP contribution in [-0.2, 0) is 4.79 Å². The van der Waals surface area contributed by atoms with Crippen molar-refractivity contribution >= 4 is 11.6 Å². The average molecular weight is 291 g/mol. The van der Waals surface area contributed by atoms with Crippen LogP contribution < -0.4 is 11.1 Å². The van der Waals surface area contributed by atoms with E-state index in [9.17, 15) is 4.79 Å². The number of amides is 1. The van der Waals surface area contributed by atoms with Crippen molar-refractivity contribution in [3.8, 4) is 0 Å². The number of hydrogen-bond donors (Lipinski definition) is 2. The molecule has 0 aromatic heterocycles. The summed E-state index contributed by atoms with van der Waals surface area (Å²) in [6.07, 6.45) is 0. The summed E-state index contributed by atoms with van der Waals surface area (Å²) in [5, 5.41) is 2.93. The van der Waals surface area contributed by atoms with Gasteiger partial charge in [-0.05, 0) is 42.6 Å². The van der Waals surface area contributed by atoms with Crippen LogP contribution in [0, 0.1) is 5.41 Å². The summed E-state index contributed by atoms with van der Waals surface area (Å²) in [4.78, 5) is 14.0. The molecule has 0 aliphatic heterocycles. The lowest BCUT2D eigenvalue weighted by atomic mass is 9.93. The van der Waals surface area contributed by atoms with Gasteiger partial charge in [-0.1, -0.05) is 39.8 Å². The largest absolute Gasteiger partial charge is 0.330 e. The van der Waals surface area contributed by atoms with Crippen LogP contribution in [0.15, 0.2) is 24.3 Å². The predicted octanol–water partition coefficient (Wildman–Crippen LogP) is 2.67. The Kier molecular flexibility index (Phi) is 6.37. The molecular formula is C17H29N3O. The third-order valence-electron chi connectivity index (χ3n) is 3.53. The first-order valence-electron chi connectivity index (χ1n) is 7.52. The summed E-state index contributed by atoms with van der Waals surface area (Å²) >= 11 is 0. The molecule has 1 aromatic rings. The molecule has 0 saturated carbocycles. The zero-order chi connectivity index (χ0) is 16.0. The molecular weight excluding hydrogens is 262 g/mol. The van der Waals surface area contributed by atoms with E-state index in [0.29, 0.717) is 19.0 Å². The second-order valence-corrected chi connectivity index (χ2v) is 6.87. The lowest BCUT2D eigenvalue weighted by Crippen LogP contribution is -2.40. The van der Waals surface area contributed by atoms with Gasteiger partial charge in [0.15, 0.2) is 0 Å². The van der Waals surface area contributed by atoms with E-state index in [-0.39, 0.29) is 11.3 Å². The highest BCUT2D eigenvalue weighted by Crippen LogP contribution is 2.17. The highest BCUT2D eigenvalue weighted by atomic mass is 16.2. The van der Waals surface area contributed by atoms with Crippen LogP contribution >= 0.6 is 0 Å². The number of hydrogen-bond acceptors (Lipinski definition) is 3. The minimum absolute atomic E-state index is 0.00242. The molecule has 3 N–H and O–H groups in total. The molecule has 0 spiro atoms. The molecule has 0 bridgehead atoms. The molecule has 1 amide bonds. The molecule has 0 heterocycles. The summed E-state index contributed by atoms with van der Waals surface area (Å²) in [7, 11) is 1.94. The maximum Gasteiger partial charge on any atom is 0.238 e. The van der Waals surface area contributed by atoms with Crippen LogP contribution in [0.4, 0.5) is 5.69 Å². The van der Waals surface area contributed by atoms with Gasteiger partial charge in [0.05, 0.1) is 6.54 Å². The first-order valence-corrected chi connectivity index (χ1v) is 7.52. The third kappa shape index (κ3) is 6.27. The standard InChI is InChI=1S/C17H29N3O/c1-13(2)14-6-8-15(9-7-14)19-16(21)10-20(5)12-17(3,4)11-18/h6-9,13H,10-12,18H2,1-5H3,(H,19,21). The number of carbonyl (C=O) groups excluding carboxylic acids is 1. The van der Waals surface area contributed by atoms with Gasteiger partial charge in [0, 0.05) is 12.2 Å². The number of nitrogens with one attached hydrogen (secondary N) is 1. The average Bonchev–Trinajstić information content (AvgIpc) is 2.38. The highest BCUT2D eigenvalue weighted by Gasteiger charge is 2.19. The Hall–Kier alpha value is -1.39. The van der Waals surface area contributed by atoms with Crippen molar-refractivity contribution in [2.24, 2.45) is 11.1 Å². The van der Waals surface area contributed by atoms with Crippen molar-refractivity contribution < 1.29 is 4.79 Å². The molecule has 4 nitrogen and oxygen atoms in total. The van der Waals surface area contributed by atoms with Crippen molar-refractivity contribution in [1.82, 2.24) is 4.90 Å². The molecule has 0 saturated heterocycles. The fraction of sp³-hybridized carbons (Fsp3) is 0.588. The van der Waals surface area contributed by atoms with Crippen molar-refractivity contribution in [3.63, 3.8) is 0 Å². The van der Waals surface area contributed by atoms with Gasteiger partial charge < -0.3 is 11.1 Å². The van der Waals surface area contributed by atoms with Crippen LogP contribution in [0.25, 0.3) is 0 Å². The Bertz CT molecular complexity index is 452. The van der Waals surface area contributed by atoms with Gasteiger partial charge in [0.25, 0.3) is 0 Å². The molecule has 118 valence electrons. The predicted molar refractivity (Wildman–Crippen MR) is 89.5 cm³/mol. The number of anilines is 1. The number of nitrogens with two attached hydrogens (primary N) is 1. The van der Waals surface area contributed by atoms with E-state index in [1.54, 1.807) is 0 Å². The molecule has 0 atom stereocenters. The molecule has 1 rings (SSSR count). The second kappa shape index (κ2) is 7.57. The topological polar surface area (TPSA) is 58.4 Å². The maximum absolute atomic E-state index is 12.0. The Labute approximate surface area is 128 Å². The van der Waals surface area contributed by atoms with Gasteiger partial charge >= 0.3 is 0 Å². The fourth-order valence-electron chi connectivity index (χ4n) is 2.25. The second-order valence-electron chi connectivity index (χ2n) is 6.87. The number of likely N-dealkylation sites (N-methyl/N-ethyl adjacent to an activating group) is 1. The summed E-state index contributed by atoms with van der Waals surface area (Å²) in [6.45, 7) is 10.3. The van der Waals surface area contributed by atoms with Crippen LogP contribution in [0.3, 0.4) is 0 Å². The molecule has 21 heavy (non-hydrogen) atoms. The SMILES string of the molecule is CC(C)c1ccc(NC(=O)CN(C)CC(C)(C)CN)cc1. The normalized spacial score (nSPS) is 12.0. The quantitative estimate of drug-likeness (QED) is 0.812. The van der Waals surface area contributed by atoms with Gasteiger partial charge in [0.1, 0.15) is 0 Å². The van der Waals surface area contributed by atoms with Crippen molar-refractivity contribution in [2.75, 3.05) is 32.0 Å². The van der Waals surface area contributed by atoms with E-state index < -0.39 is 0 Å². The van der Waals surface area contributed by atoms with E-state index in [4.69, 9.17) is 5.73 Å². The maximum atomic E-state index is 12.0. The lowest BCUT2D eigenvalue weighted by molar-refractivity contribution is -0.117. The summed E-state index contributed by atoms with van der Waals surface area (Å²) < 4.78 is 0. The summed E-state index contributed by atoms with van der Waals surface area (Å²) in [5.41, 5.74) is 7.86. The Morgan fingerprint density at radius 3 is 2.33 bits per heavy atom. The monoisotopic (exact) mass is 291 g/mol. The first-order chi connectivity index (χ1) is 9.73. The Morgan fingerprint density at radius 1 is 1.29 bits per heavy atom. The van der Waals surface area contributed by atoms with Crippen LogP contribution in [0.1, 0.15) is 39.2 Å². The van der Waals surface area contributed by atoms with Gasteiger partial charge in [-0.15, -0.1) is 0 Å². The van der Waals surface area contributed by atoms with E-state index in [1.165, 1.54) is 5.56 Å². The zero-order valence-corrected chi connectivity index (χ0v) is 13.9. The van der Waals surface area contributed by atoms with E-state index in [1.807, 2.05) is 24.1 Å². The number of rotatable bonds is 7. The van der Waals surface area contributed by atoms with Crippen molar-refractivity contribution in [1.29, 1.82) is 0 Å². The van der Waals surface area contributed by atoms with Gasteiger partial charge in [-0.25, -0.2) is 0 Å². The van der Waals surface area contributed by atoms with Crippen LogP contribution in [0.5, 0.6) is 0 Å². The molecule has 0 aliphatic rings. The van der Waals surface area contributed by atoms with Crippen molar-refractivity contribution in [3.05, 3.63) is 29.8 Å². The Morgan fingerprint density at radius 2 is 1.86 bits per heavy atom. The van der Waals surface area contributed by atoms with Gasteiger partial charge in [-0.3, -0.25) is 9.69 Å². The molecule has 0 aliphatic carbocycles. The van der Waals surface area contributed by atoms with Gasteiger partial charge in [0.2, 0.25) is 5.91 Å². The highest BCUT2D eigenvalue weighted by molar-refractivity contribution is 5.92. The molecule has 1 aromatic carbocycles. The summed E-state index contributed by atoms with van der Waals surface area (Å²) in [5.74, 6) is 0.502. The fourth-order valence-corrected chi connectivity index (χ4v) is 2.25. The molecule has 4 heteroatoms. The van der Waals surface area contributed by atoms with E-state index in [2.05, 4.69) is 45.1 Å².